The standard InChI is InChI=1S/C29H30F4N4O4S/c1-18(2)3-10-24-27(12-14-28(39,15-13-27)29(31,32)33)22-17-19(26(38)35-25-11-16-34-36-25)4-9-23(22)37(24)42(40,41)21-7-5-20(30)6-8-21/h3-9,11,16-17,24,39H,10,12-15H2,1-2H3,(H2,34,35,36,38). The molecule has 2 aliphatic rings. The molecule has 3 N–H and O–H groups in total. The Bertz CT molecular complexity index is 1610. The van der Waals surface area contributed by atoms with Gasteiger partial charge in [-0.2, -0.15) is 18.3 Å². The number of rotatable bonds is 6. The third-order valence-electron chi connectivity index (χ3n) is 8.32. The zero-order valence-electron chi connectivity index (χ0n) is 22.9. The molecule has 42 heavy (non-hydrogen) atoms. The Morgan fingerprint density at radius 1 is 1.12 bits per heavy atom. The van der Waals surface area contributed by atoms with Gasteiger partial charge in [0.25, 0.3) is 15.9 Å². The molecule has 1 aliphatic carbocycles. The van der Waals surface area contributed by atoms with Gasteiger partial charge in [0.1, 0.15) is 11.6 Å². The molecule has 0 saturated heterocycles. The average Bonchev–Trinajstić information content (AvgIpc) is 3.53. The number of halogens is 4. The van der Waals surface area contributed by atoms with Crippen LogP contribution in [0.25, 0.3) is 0 Å². The molecule has 5 rings (SSSR count). The van der Waals surface area contributed by atoms with Crippen molar-refractivity contribution in [3.8, 4) is 0 Å². The fourth-order valence-corrected chi connectivity index (χ4v) is 7.79. The number of aliphatic hydroxyl groups is 1. The number of carbonyl (C=O) groups is 1. The number of anilines is 2. The molecule has 2 aromatic carbocycles. The Hall–Kier alpha value is -3.71. The van der Waals surface area contributed by atoms with Crippen LogP contribution in [0.5, 0.6) is 0 Å². The van der Waals surface area contributed by atoms with Crippen LogP contribution >= 0.6 is 0 Å². The average molecular weight is 607 g/mol. The summed E-state index contributed by atoms with van der Waals surface area (Å²) in [6.07, 6.45) is -3.08. The van der Waals surface area contributed by atoms with Crippen LogP contribution in [0.2, 0.25) is 0 Å². The first-order valence-electron chi connectivity index (χ1n) is 13.4. The molecule has 3 aromatic rings. The highest BCUT2D eigenvalue weighted by molar-refractivity contribution is 7.92. The van der Waals surface area contributed by atoms with Crippen molar-refractivity contribution >= 4 is 27.4 Å². The summed E-state index contributed by atoms with van der Waals surface area (Å²) in [6, 6.07) is 9.45. The van der Waals surface area contributed by atoms with Crippen molar-refractivity contribution in [1.29, 1.82) is 0 Å². The van der Waals surface area contributed by atoms with Gasteiger partial charge in [-0.15, -0.1) is 0 Å². The summed E-state index contributed by atoms with van der Waals surface area (Å²) in [6.45, 7) is 3.66. The van der Waals surface area contributed by atoms with Gasteiger partial charge in [-0.25, -0.2) is 12.8 Å². The Balaban J connectivity index is 1.68. The predicted octanol–water partition coefficient (Wildman–Crippen LogP) is 5.84. The van der Waals surface area contributed by atoms with E-state index in [-0.39, 0.29) is 35.4 Å². The van der Waals surface area contributed by atoms with Crippen molar-refractivity contribution in [2.24, 2.45) is 0 Å². The van der Waals surface area contributed by atoms with Crippen molar-refractivity contribution < 1.29 is 35.9 Å². The Morgan fingerprint density at radius 3 is 2.36 bits per heavy atom. The van der Waals surface area contributed by atoms with Crippen molar-refractivity contribution in [1.82, 2.24) is 10.2 Å². The molecule has 8 nitrogen and oxygen atoms in total. The maximum atomic E-state index is 14.2. The second-order valence-electron chi connectivity index (χ2n) is 11.1. The molecule has 1 fully saturated rings. The molecule has 1 spiro atoms. The van der Waals surface area contributed by atoms with Crippen LogP contribution in [0, 0.1) is 5.82 Å². The maximum Gasteiger partial charge on any atom is 0.417 e. The van der Waals surface area contributed by atoms with Crippen molar-refractivity contribution in [3.63, 3.8) is 0 Å². The second kappa shape index (κ2) is 10.5. The highest BCUT2D eigenvalue weighted by Crippen LogP contribution is 2.59. The Kier molecular flexibility index (Phi) is 7.46. The molecular formula is C29H30F4N4O4S. The normalized spacial score (nSPS) is 24.0. The number of H-pyrrole nitrogens is 1. The molecule has 1 aromatic heterocycles. The lowest BCUT2D eigenvalue weighted by Crippen LogP contribution is -2.55. The van der Waals surface area contributed by atoms with Crippen LogP contribution in [-0.4, -0.2) is 47.4 Å². The summed E-state index contributed by atoms with van der Waals surface area (Å²) in [4.78, 5) is 12.9. The van der Waals surface area contributed by atoms with Crippen LogP contribution in [0.15, 0.2) is 71.3 Å². The van der Waals surface area contributed by atoms with Crippen molar-refractivity contribution in [2.45, 2.75) is 74.1 Å². The lowest BCUT2D eigenvalue weighted by atomic mass is 9.62. The maximum absolute atomic E-state index is 14.2. The van der Waals surface area contributed by atoms with Crippen LogP contribution in [0.4, 0.5) is 29.1 Å². The van der Waals surface area contributed by atoms with E-state index >= 15 is 0 Å². The number of sulfonamides is 1. The van der Waals surface area contributed by atoms with E-state index < -0.39 is 57.8 Å². The Morgan fingerprint density at radius 2 is 1.79 bits per heavy atom. The number of hydrogen-bond donors (Lipinski definition) is 3. The first-order chi connectivity index (χ1) is 19.7. The van der Waals surface area contributed by atoms with Gasteiger partial charge in [0, 0.05) is 17.0 Å². The largest absolute Gasteiger partial charge is 0.417 e. The van der Waals surface area contributed by atoms with Crippen LogP contribution < -0.4 is 9.62 Å². The SMILES string of the molecule is CC(C)=CCC1N(S(=O)(=O)c2ccc(F)cc2)c2ccc(C(=O)Nc3ccn[nH]3)cc2C12CCC(O)(C(F)(F)F)CC2. The number of hydrogen-bond acceptors (Lipinski definition) is 5. The van der Waals surface area contributed by atoms with E-state index in [0.29, 0.717) is 11.4 Å². The summed E-state index contributed by atoms with van der Waals surface area (Å²) >= 11 is 0. The third kappa shape index (κ3) is 5.08. The van der Waals surface area contributed by atoms with Gasteiger partial charge in [0.2, 0.25) is 0 Å². The zero-order chi connectivity index (χ0) is 30.5. The van der Waals surface area contributed by atoms with Gasteiger partial charge in [-0.1, -0.05) is 11.6 Å². The first kappa shape index (κ1) is 29.8. The summed E-state index contributed by atoms with van der Waals surface area (Å²) in [5.74, 6) is -0.828. The number of aromatic amines is 1. The molecule has 1 amide bonds. The number of nitrogens with one attached hydrogen (secondary N) is 2. The number of alkyl halides is 3. The van der Waals surface area contributed by atoms with E-state index in [1.807, 2.05) is 19.9 Å². The van der Waals surface area contributed by atoms with Gasteiger partial charge < -0.3 is 10.4 Å². The Labute approximate surface area is 240 Å². The van der Waals surface area contributed by atoms with Gasteiger partial charge in [-0.3, -0.25) is 14.2 Å². The van der Waals surface area contributed by atoms with Crippen molar-refractivity contribution in [2.75, 3.05) is 9.62 Å². The van der Waals surface area contributed by atoms with Gasteiger partial charge >= 0.3 is 6.18 Å². The lowest BCUT2D eigenvalue weighted by molar-refractivity contribution is -0.273. The van der Waals surface area contributed by atoms with Crippen molar-refractivity contribution in [3.05, 3.63) is 83.3 Å². The van der Waals surface area contributed by atoms with E-state index in [1.165, 1.54) is 34.8 Å². The fraction of sp³-hybridized carbons (Fsp3) is 0.379. The van der Waals surface area contributed by atoms with E-state index in [4.69, 9.17) is 0 Å². The minimum absolute atomic E-state index is 0.164. The second-order valence-corrected chi connectivity index (χ2v) is 12.9. The van der Waals surface area contributed by atoms with E-state index in [1.54, 1.807) is 0 Å². The van der Waals surface area contributed by atoms with Crippen LogP contribution in [0.3, 0.4) is 0 Å². The first-order valence-corrected chi connectivity index (χ1v) is 14.8. The number of benzene rings is 2. The molecule has 13 heteroatoms. The summed E-state index contributed by atoms with van der Waals surface area (Å²) in [5.41, 5.74) is -2.40. The molecule has 2 heterocycles. The predicted molar refractivity (Wildman–Crippen MR) is 148 cm³/mol. The number of nitrogens with zero attached hydrogens (tertiary/aromatic N) is 2. The molecular weight excluding hydrogens is 576 g/mol. The number of carbonyl (C=O) groups excluding carboxylic acids is 1. The number of aromatic nitrogens is 2. The minimum atomic E-state index is -4.86. The van der Waals surface area contributed by atoms with Gasteiger partial charge in [0.15, 0.2) is 5.60 Å². The summed E-state index contributed by atoms with van der Waals surface area (Å²) in [5, 5.41) is 19.6. The van der Waals surface area contributed by atoms with E-state index in [0.717, 1.165) is 29.8 Å². The van der Waals surface area contributed by atoms with Gasteiger partial charge in [-0.05, 0) is 94.0 Å². The fourth-order valence-electron chi connectivity index (χ4n) is 6.04. The number of amides is 1. The summed E-state index contributed by atoms with van der Waals surface area (Å²) < 4.78 is 84.8. The topological polar surface area (TPSA) is 115 Å². The van der Waals surface area contributed by atoms with E-state index in [9.17, 15) is 35.9 Å². The minimum Gasteiger partial charge on any atom is -0.380 e. The molecule has 224 valence electrons. The molecule has 1 unspecified atom stereocenters. The molecule has 1 saturated carbocycles. The molecule has 1 atom stereocenters. The third-order valence-corrected chi connectivity index (χ3v) is 10.2. The highest BCUT2D eigenvalue weighted by atomic mass is 32.2. The smallest absolute Gasteiger partial charge is 0.380 e. The van der Waals surface area contributed by atoms with E-state index in [2.05, 4.69) is 15.5 Å². The quantitative estimate of drug-likeness (QED) is 0.241. The summed E-state index contributed by atoms with van der Waals surface area (Å²) in [7, 11) is -4.33. The molecule has 0 radical (unpaired) electrons. The zero-order valence-corrected chi connectivity index (χ0v) is 23.7. The lowest BCUT2D eigenvalue weighted by Gasteiger charge is -2.46. The number of allylic oxidation sites excluding steroid dienone is 1. The van der Waals surface area contributed by atoms with Crippen LogP contribution in [0.1, 0.15) is 61.9 Å². The van der Waals surface area contributed by atoms with Crippen LogP contribution in [-0.2, 0) is 15.4 Å². The molecule has 0 bridgehead atoms. The molecule has 1 aliphatic heterocycles. The highest BCUT2D eigenvalue weighted by Gasteiger charge is 2.62. The van der Waals surface area contributed by atoms with Gasteiger partial charge in [0.05, 0.1) is 22.8 Å². The number of fused-ring (bicyclic) bond motifs is 2. The monoisotopic (exact) mass is 606 g/mol.